The Kier molecular flexibility index (Phi) is 6.74. The molecule has 0 saturated carbocycles. The molecule has 2 aromatic carbocycles. The Hall–Kier alpha value is -2.86. The first-order valence-corrected chi connectivity index (χ1v) is 8.45. The van der Waals surface area contributed by atoms with Crippen LogP contribution < -0.4 is 16.2 Å². The predicted octanol–water partition coefficient (Wildman–Crippen LogP) is 3.14. The van der Waals surface area contributed by atoms with Crippen LogP contribution in [0.25, 0.3) is 0 Å². The highest BCUT2D eigenvalue weighted by Crippen LogP contribution is 2.15. The SMILES string of the molecule is Cc1ccc(NC(=O)CCC(=O)NNC(=O)c2ccccc2Cl)cc1C. The maximum Gasteiger partial charge on any atom is 0.271 e. The molecule has 0 radical (unpaired) electrons. The van der Waals surface area contributed by atoms with Gasteiger partial charge >= 0.3 is 0 Å². The topological polar surface area (TPSA) is 87.3 Å². The van der Waals surface area contributed by atoms with Crippen molar-refractivity contribution in [3.05, 3.63) is 64.2 Å². The Bertz CT molecular complexity index is 837. The summed E-state index contributed by atoms with van der Waals surface area (Å²) in [4.78, 5) is 35.6. The lowest BCUT2D eigenvalue weighted by Gasteiger charge is -2.09. The lowest BCUT2D eigenvalue weighted by molar-refractivity contribution is -0.124. The molecule has 0 spiro atoms. The maximum absolute atomic E-state index is 11.9. The van der Waals surface area contributed by atoms with Crippen LogP contribution in [0.4, 0.5) is 5.69 Å². The first-order chi connectivity index (χ1) is 12.4. The summed E-state index contributed by atoms with van der Waals surface area (Å²) in [5.74, 6) is -1.27. The summed E-state index contributed by atoms with van der Waals surface area (Å²) in [6, 6.07) is 12.1. The maximum atomic E-state index is 11.9. The van der Waals surface area contributed by atoms with Gasteiger partial charge in [0.1, 0.15) is 0 Å². The van der Waals surface area contributed by atoms with Gasteiger partial charge in [-0.25, -0.2) is 0 Å². The van der Waals surface area contributed by atoms with Crippen LogP contribution in [0.2, 0.25) is 5.02 Å². The number of benzene rings is 2. The summed E-state index contributed by atoms with van der Waals surface area (Å²) >= 11 is 5.91. The van der Waals surface area contributed by atoms with Crippen molar-refractivity contribution in [1.82, 2.24) is 10.9 Å². The van der Waals surface area contributed by atoms with E-state index in [1.165, 1.54) is 0 Å². The van der Waals surface area contributed by atoms with Gasteiger partial charge in [-0.05, 0) is 49.2 Å². The fourth-order valence-electron chi connectivity index (χ4n) is 2.17. The second kappa shape index (κ2) is 9.01. The van der Waals surface area contributed by atoms with E-state index in [2.05, 4.69) is 16.2 Å². The van der Waals surface area contributed by atoms with Crippen LogP contribution >= 0.6 is 11.6 Å². The molecule has 7 heteroatoms. The smallest absolute Gasteiger partial charge is 0.271 e. The Morgan fingerprint density at radius 2 is 1.58 bits per heavy atom. The van der Waals surface area contributed by atoms with Crippen molar-refractivity contribution in [2.24, 2.45) is 0 Å². The Morgan fingerprint density at radius 3 is 2.27 bits per heavy atom. The number of hydrogen-bond acceptors (Lipinski definition) is 3. The Balaban J connectivity index is 1.76. The van der Waals surface area contributed by atoms with Crippen molar-refractivity contribution in [2.75, 3.05) is 5.32 Å². The quantitative estimate of drug-likeness (QED) is 0.703. The Morgan fingerprint density at radius 1 is 0.885 bits per heavy atom. The van der Waals surface area contributed by atoms with Gasteiger partial charge in [0.05, 0.1) is 10.6 Å². The van der Waals surface area contributed by atoms with Gasteiger partial charge in [0, 0.05) is 18.5 Å². The van der Waals surface area contributed by atoms with E-state index < -0.39 is 11.8 Å². The molecule has 2 aromatic rings. The molecule has 0 aromatic heterocycles. The highest BCUT2D eigenvalue weighted by molar-refractivity contribution is 6.33. The molecule has 0 saturated heterocycles. The van der Waals surface area contributed by atoms with Crippen molar-refractivity contribution < 1.29 is 14.4 Å². The molecule has 0 aliphatic rings. The van der Waals surface area contributed by atoms with E-state index in [-0.39, 0.29) is 29.3 Å². The molecule has 3 amide bonds. The van der Waals surface area contributed by atoms with Crippen LogP contribution in [0, 0.1) is 13.8 Å². The third-order valence-electron chi connectivity index (χ3n) is 3.80. The molecule has 0 atom stereocenters. The first-order valence-electron chi connectivity index (χ1n) is 8.07. The minimum absolute atomic E-state index is 0.000715. The minimum atomic E-state index is -0.525. The lowest BCUT2D eigenvalue weighted by Crippen LogP contribution is -2.41. The van der Waals surface area contributed by atoms with E-state index in [1.807, 2.05) is 32.0 Å². The lowest BCUT2D eigenvalue weighted by atomic mass is 10.1. The average Bonchev–Trinajstić information content (AvgIpc) is 2.61. The van der Waals surface area contributed by atoms with Crippen LogP contribution in [0.3, 0.4) is 0 Å². The summed E-state index contributed by atoms with van der Waals surface area (Å²) in [6.07, 6.45) is -0.0554. The zero-order chi connectivity index (χ0) is 19.1. The van der Waals surface area contributed by atoms with Gasteiger partial charge < -0.3 is 5.32 Å². The van der Waals surface area contributed by atoms with Crippen LogP contribution in [-0.4, -0.2) is 17.7 Å². The largest absolute Gasteiger partial charge is 0.326 e. The molecule has 0 bridgehead atoms. The highest BCUT2D eigenvalue weighted by Gasteiger charge is 2.12. The fraction of sp³-hybridized carbons (Fsp3) is 0.211. The number of amides is 3. The molecule has 0 fully saturated rings. The average molecular weight is 374 g/mol. The van der Waals surface area contributed by atoms with Crippen LogP contribution in [0.15, 0.2) is 42.5 Å². The van der Waals surface area contributed by atoms with Crippen LogP contribution in [-0.2, 0) is 9.59 Å². The Labute approximate surface area is 156 Å². The van der Waals surface area contributed by atoms with Crippen molar-refractivity contribution in [2.45, 2.75) is 26.7 Å². The number of nitrogens with one attached hydrogen (secondary N) is 3. The molecule has 3 N–H and O–H groups in total. The van der Waals surface area contributed by atoms with E-state index in [0.717, 1.165) is 11.1 Å². The zero-order valence-corrected chi connectivity index (χ0v) is 15.3. The summed E-state index contributed by atoms with van der Waals surface area (Å²) in [6.45, 7) is 3.95. The number of hydrazine groups is 1. The van der Waals surface area contributed by atoms with Gasteiger partial charge in [0.15, 0.2) is 0 Å². The fourth-order valence-corrected chi connectivity index (χ4v) is 2.39. The molecule has 0 aliphatic heterocycles. The van der Waals surface area contributed by atoms with Gasteiger partial charge in [-0.3, -0.25) is 25.2 Å². The molecule has 6 nitrogen and oxygen atoms in total. The van der Waals surface area contributed by atoms with E-state index in [1.54, 1.807) is 24.3 Å². The zero-order valence-electron chi connectivity index (χ0n) is 14.6. The number of hydrogen-bond donors (Lipinski definition) is 3. The third kappa shape index (κ3) is 5.60. The molecule has 0 aliphatic carbocycles. The normalized spacial score (nSPS) is 10.1. The van der Waals surface area contributed by atoms with Crippen molar-refractivity contribution in [3.8, 4) is 0 Å². The van der Waals surface area contributed by atoms with E-state index in [9.17, 15) is 14.4 Å². The number of rotatable bonds is 5. The highest BCUT2D eigenvalue weighted by atomic mass is 35.5. The van der Waals surface area contributed by atoms with E-state index in [4.69, 9.17) is 11.6 Å². The summed E-state index contributed by atoms with van der Waals surface area (Å²) in [5.41, 5.74) is 7.68. The standard InChI is InChI=1S/C19H20ClN3O3/c1-12-7-8-14(11-13(12)2)21-17(24)9-10-18(25)22-23-19(26)15-5-3-4-6-16(15)20/h3-8,11H,9-10H2,1-2H3,(H,21,24)(H,22,25)(H,23,26). The minimum Gasteiger partial charge on any atom is -0.326 e. The first kappa shape index (κ1) is 19.5. The number of aryl methyl sites for hydroxylation is 2. The van der Waals surface area contributed by atoms with Crippen molar-refractivity contribution >= 4 is 35.0 Å². The summed E-state index contributed by atoms with van der Waals surface area (Å²) < 4.78 is 0. The van der Waals surface area contributed by atoms with E-state index in [0.29, 0.717) is 5.69 Å². The van der Waals surface area contributed by atoms with Gasteiger partial charge in [-0.2, -0.15) is 0 Å². The van der Waals surface area contributed by atoms with Crippen molar-refractivity contribution in [3.63, 3.8) is 0 Å². The number of carbonyl (C=O) groups excluding carboxylic acids is 3. The van der Waals surface area contributed by atoms with Gasteiger partial charge in [-0.15, -0.1) is 0 Å². The molecule has 2 rings (SSSR count). The summed E-state index contributed by atoms with van der Waals surface area (Å²) in [5, 5.41) is 3.02. The van der Waals surface area contributed by atoms with E-state index >= 15 is 0 Å². The predicted molar refractivity (Wildman–Crippen MR) is 101 cm³/mol. The number of halogens is 1. The third-order valence-corrected chi connectivity index (χ3v) is 4.13. The number of carbonyl (C=O) groups is 3. The van der Waals surface area contributed by atoms with Gasteiger partial charge in [-0.1, -0.05) is 29.8 Å². The summed E-state index contributed by atoms with van der Waals surface area (Å²) in [7, 11) is 0. The molecule has 136 valence electrons. The molecule has 26 heavy (non-hydrogen) atoms. The monoisotopic (exact) mass is 373 g/mol. The second-order valence-corrected chi connectivity index (χ2v) is 6.24. The van der Waals surface area contributed by atoms with Gasteiger partial charge in [0.2, 0.25) is 11.8 Å². The molecular formula is C19H20ClN3O3. The van der Waals surface area contributed by atoms with Crippen molar-refractivity contribution in [1.29, 1.82) is 0 Å². The van der Waals surface area contributed by atoms with Crippen LogP contribution in [0.1, 0.15) is 34.3 Å². The number of anilines is 1. The second-order valence-electron chi connectivity index (χ2n) is 5.83. The van der Waals surface area contributed by atoms with Crippen LogP contribution in [0.5, 0.6) is 0 Å². The molecule has 0 heterocycles. The molecule has 0 unspecified atom stereocenters. The van der Waals surface area contributed by atoms with Gasteiger partial charge in [0.25, 0.3) is 5.91 Å². The molecular weight excluding hydrogens is 354 g/mol.